The predicted octanol–water partition coefficient (Wildman–Crippen LogP) is 1.64. The number of methoxy groups -OCH3 is 2. The highest BCUT2D eigenvalue weighted by Crippen LogP contribution is 2.39. The summed E-state index contributed by atoms with van der Waals surface area (Å²) < 4.78 is 21.1. The summed E-state index contributed by atoms with van der Waals surface area (Å²) in [5.41, 5.74) is 0.349. The highest BCUT2D eigenvalue weighted by molar-refractivity contribution is 5.89. The first-order valence-electron chi connectivity index (χ1n) is 10.2. The molecule has 0 N–H and O–H groups in total. The summed E-state index contributed by atoms with van der Waals surface area (Å²) in [6, 6.07) is 7.53. The smallest absolute Gasteiger partial charge is 0.338 e. The number of carbonyl (C=O) groups is 3. The predicted molar refractivity (Wildman–Crippen MR) is 104 cm³/mol. The number of hydrogen-bond acceptors (Lipinski definition) is 10. The molecular weight excluding hydrogens is 410 g/mol. The van der Waals surface area contributed by atoms with Gasteiger partial charge in [-0.15, -0.1) is 0 Å². The third kappa shape index (κ3) is 5.21. The Labute approximate surface area is 180 Å². The Hall–Kier alpha value is -2.53. The highest BCUT2D eigenvalue weighted by Gasteiger charge is 2.60. The van der Waals surface area contributed by atoms with Crippen LogP contribution in [0.2, 0.25) is 0 Å². The van der Waals surface area contributed by atoms with Crippen molar-refractivity contribution in [1.82, 2.24) is 5.23 Å². The number of fused-ring (bicyclic) bond motifs is 1. The summed E-state index contributed by atoms with van der Waals surface area (Å²) in [5, 5.41) is 1.01. The van der Waals surface area contributed by atoms with Gasteiger partial charge in [0, 0.05) is 13.0 Å². The molecule has 0 spiro atoms. The second kappa shape index (κ2) is 10.7. The molecule has 2 aliphatic rings. The molecule has 1 aromatic rings. The lowest BCUT2D eigenvalue weighted by atomic mass is 9.89. The van der Waals surface area contributed by atoms with Crippen molar-refractivity contribution in [2.75, 3.05) is 20.8 Å². The van der Waals surface area contributed by atoms with E-state index in [2.05, 4.69) is 0 Å². The first-order valence-corrected chi connectivity index (χ1v) is 10.2. The molecule has 0 bridgehead atoms. The second-order valence-electron chi connectivity index (χ2n) is 7.18. The average molecular weight is 437 g/mol. The monoisotopic (exact) mass is 437 g/mol. The second-order valence-corrected chi connectivity index (χ2v) is 7.18. The van der Waals surface area contributed by atoms with Crippen LogP contribution < -0.4 is 0 Å². The molecule has 2 fully saturated rings. The molecule has 1 aromatic carbocycles. The topological polar surface area (TPSA) is 110 Å². The van der Waals surface area contributed by atoms with Crippen LogP contribution in [0, 0.1) is 5.92 Å². The fraction of sp³-hybridized carbons (Fsp3) is 0.571. The molecule has 10 heteroatoms. The minimum absolute atomic E-state index is 0.147. The van der Waals surface area contributed by atoms with Gasteiger partial charge in [-0.2, -0.15) is 0 Å². The quantitative estimate of drug-likeness (QED) is 0.338. The minimum Gasteiger partial charge on any atom is -0.469 e. The molecule has 0 unspecified atom stereocenters. The van der Waals surface area contributed by atoms with E-state index in [0.717, 1.165) is 18.1 Å². The minimum atomic E-state index is -1.31. The molecule has 2 aliphatic heterocycles. The van der Waals surface area contributed by atoms with E-state index in [1.807, 2.05) is 6.92 Å². The third-order valence-corrected chi connectivity index (χ3v) is 5.16. The summed E-state index contributed by atoms with van der Waals surface area (Å²) in [6.45, 7) is 2.46. The van der Waals surface area contributed by atoms with Crippen LogP contribution in [0.5, 0.6) is 0 Å². The number of esters is 3. The molecule has 170 valence electrons. The van der Waals surface area contributed by atoms with Crippen molar-refractivity contribution in [3.05, 3.63) is 35.9 Å². The lowest BCUT2D eigenvalue weighted by molar-refractivity contribution is -0.443. The molecule has 0 saturated carbocycles. The van der Waals surface area contributed by atoms with Crippen LogP contribution in [-0.2, 0) is 38.2 Å². The molecule has 3 rings (SSSR count). The van der Waals surface area contributed by atoms with Crippen LogP contribution in [0.15, 0.2) is 30.3 Å². The van der Waals surface area contributed by atoms with E-state index in [1.54, 1.807) is 30.3 Å². The number of rotatable bonds is 8. The van der Waals surface area contributed by atoms with Crippen LogP contribution in [0.25, 0.3) is 0 Å². The van der Waals surface area contributed by atoms with Crippen molar-refractivity contribution < 1.29 is 43.0 Å². The summed E-state index contributed by atoms with van der Waals surface area (Å²) in [5.74, 6) is -3.19. The number of benzene rings is 1. The molecule has 0 radical (unpaired) electrons. The van der Waals surface area contributed by atoms with Crippen molar-refractivity contribution in [2.45, 2.75) is 50.7 Å². The van der Waals surface area contributed by atoms with Gasteiger partial charge in [-0.05, 0) is 18.6 Å². The zero-order chi connectivity index (χ0) is 22.4. The van der Waals surface area contributed by atoms with Gasteiger partial charge in [0.2, 0.25) is 0 Å². The van der Waals surface area contributed by atoms with E-state index in [-0.39, 0.29) is 6.42 Å². The first kappa shape index (κ1) is 23.1. The van der Waals surface area contributed by atoms with E-state index in [0.29, 0.717) is 12.2 Å². The van der Waals surface area contributed by atoms with Crippen LogP contribution in [0.3, 0.4) is 0 Å². The molecule has 0 aromatic heterocycles. The van der Waals surface area contributed by atoms with Crippen LogP contribution in [-0.4, -0.2) is 68.5 Å². The van der Waals surface area contributed by atoms with E-state index < -0.39 is 48.4 Å². The van der Waals surface area contributed by atoms with Gasteiger partial charge in [-0.1, -0.05) is 36.8 Å². The Morgan fingerprint density at radius 1 is 1.06 bits per heavy atom. The number of ether oxygens (including phenoxy) is 4. The number of unbranched alkanes of at least 4 members (excludes halogenated alkanes) is 1. The first-order chi connectivity index (χ1) is 15.0. The number of hydroxylamine groups is 2. The molecular formula is C21H27NO9. The Kier molecular flexibility index (Phi) is 7.97. The molecule has 31 heavy (non-hydrogen) atoms. The van der Waals surface area contributed by atoms with E-state index in [9.17, 15) is 14.4 Å². The summed E-state index contributed by atoms with van der Waals surface area (Å²) in [7, 11) is 2.38. The average Bonchev–Trinajstić information content (AvgIpc) is 3.18. The van der Waals surface area contributed by atoms with Crippen molar-refractivity contribution >= 4 is 17.9 Å². The molecule has 10 nitrogen and oxygen atoms in total. The van der Waals surface area contributed by atoms with Crippen molar-refractivity contribution in [3.63, 3.8) is 0 Å². The zero-order valence-electron chi connectivity index (χ0n) is 17.7. The SMILES string of the molecule is CCCCO[C@H]1C[C@@H](OC(=O)c2ccccc2)[C@@H]2[C@@H](C(=O)OC)[C@H](C(=O)OC)ON2O1. The summed E-state index contributed by atoms with van der Waals surface area (Å²) >= 11 is 0. The van der Waals surface area contributed by atoms with Gasteiger partial charge in [0.1, 0.15) is 18.1 Å². The summed E-state index contributed by atoms with van der Waals surface area (Å²) in [4.78, 5) is 48.8. The van der Waals surface area contributed by atoms with Gasteiger partial charge in [0.05, 0.1) is 19.8 Å². The molecule has 0 aliphatic carbocycles. The largest absolute Gasteiger partial charge is 0.469 e. The zero-order valence-corrected chi connectivity index (χ0v) is 17.7. The van der Waals surface area contributed by atoms with Crippen molar-refractivity contribution in [2.24, 2.45) is 5.92 Å². The number of carbonyl (C=O) groups excluding carboxylic acids is 3. The molecule has 0 amide bonds. The Morgan fingerprint density at radius 2 is 1.77 bits per heavy atom. The maximum absolute atomic E-state index is 12.7. The lowest BCUT2D eigenvalue weighted by Gasteiger charge is -2.38. The van der Waals surface area contributed by atoms with Crippen molar-refractivity contribution in [3.8, 4) is 0 Å². The van der Waals surface area contributed by atoms with Crippen LogP contribution in [0.1, 0.15) is 36.5 Å². The van der Waals surface area contributed by atoms with Crippen molar-refractivity contribution in [1.29, 1.82) is 0 Å². The Bertz CT molecular complexity index is 771. The van der Waals surface area contributed by atoms with E-state index in [1.165, 1.54) is 14.2 Å². The van der Waals surface area contributed by atoms with Gasteiger partial charge < -0.3 is 18.9 Å². The summed E-state index contributed by atoms with van der Waals surface area (Å²) in [6.07, 6.45) is -1.08. The standard InChI is InChI=1S/C21H27NO9/c1-4-5-11-28-15-12-14(29-19(23)13-9-7-6-8-10-13)17-16(20(24)26-2)18(21(25)27-3)31-22(17)30-15/h6-10,14-18H,4-5,11-12H2,1-3H3/t14-,15-,16-,17-,18-/m1/s1. The van der Waals surface area contributed by atoms with E-state index in [4.69, 9.17) is 28.6 Å². The fourth-order valence-electron chi connectivity index (χ4n) is 3.57. The van der Waals surface area contributed by atoms with Gasteiger partial charge in [0.25, 0.3) is 0 Å². The maximum atomic E-state index is 12.7. The fourth-order valence-corrected chi connectivity index (χ4v) is 3.57. The number of hydrogen-bond donors (Lipinski definition) is 0. The lowest BCUT2D eigenvalue weighted by Crippen LogP contribution is -2.54. The number of nitrogens with zero attached hydrogens (tertiary/aromatic N) is 1. The highest BCUT2D eigenvalue weighted by atomic mass is 17.0. The Balaban J connectivity index is 1.86. The van der Waals surface area contributed by atoms with Gasteiger partial charge >= 0.3 is 17.9 Å². The molecule has 5 atom stereocenters. The maximum Gasteiger partial charge on any atom is 0.338 e. The molecule has 2 saturated heterocycles. The van der Waals surface area contributed by atoms with Crippen LogP contribution >= 0.6 is 0 Å². The van der Waals surface area contributed by atoms with Gasteiger partial charge in [0.15, 0.2) is 12.4 Å². The van der Waals surface area contributed by atoms with Gasteiger partial charge in [-0.3, -0.25) is 9.63 Å². The Morgan fingerprint density at radius 3 is 2.42 bits per heavy atom. The normalized spacial score (nSPS) is 27.9. The van der Waals surface area contributed by atoms with Gasteiger partial charge in [-0.25, -0.2) is 14.4 Å². The van der Waals surface area contributed by atoms with E-state index >= 15 is 0 Å². The van der Waals surface area contributed by atoms with Crippen LogP contribution in [0.4, 0.5) is 0 Å². The third-order valence-electron chi connectivity index (χ3n) is 5.16. The molecule has 2 heterocycles.